The van der Waals surface area contributed by atoms with Crippen molar-refractivity contribution in [2.45, 2.75) is 349 Å². The minimum atomic E-state index is -0.764. The lowest BCUT2D eigenvalue weighted by Crippen LogP contribution is -2.30. The van der Waals surface area contributed by atoms with E-state index in [0.717, 1.165) is 75.5 Å². The summed E-state index contributed by atoms with van der Waals surface area (Å²) in [5.41, 5.74) is 0. The fraction of sp³-hybridized carbons (Fsp3) is 0.952. The molecule has 0 heterocycles. The molecule has 0 saturated heterocycles. The van der Waals surface area contributed by atoms with E-state index in [4.69, 9.17) is 14.2 Å². The van der Waals surface area contributed by atoms with Crippen LogP contribution in [0.3, 0.4) is 0 Å². The summed E-state index contributed by atoms with van der Waals surface area (Å²) in [6.45, 7) is 13.8. The topological polar surface area (TPSA) is 78.9 Å². The van der Waals surface area contributed by atoms with E-state index in [1.54, 1.807) is 0 Å². The van der Waals surface area contributed by atoms with Crippen molar-refractivity contribution in [1.82, 2.24) is 0 Å². The number of ether oxygens (including phenoxy) is 3. The molecule has 0 aromatic carbocycles. The first-order valence-corrected chi connectivity index (χ1v) is 30.6. The summed E-state index contributed by atoms with van der Waals surface area (Å²) in [7, 11) is 0. The van der Waals surface area contributed by atoms with Gasteiger partial charge in [-0.3, -0.25) is 14.4 Å². The van der Waals surface area contributed by atoms with Gasteiger partial charge in [-0.15, -0.1) is 0 Å². The van der Waals surface area contributed by atoms with Crippen LogP contribution in [0.15, 0.2) is 0 Å². The summed E-state index contributed by atoms with van der Waals surface area (Å²) < 4.78 is 16.9. The molecule has 1 unspecified atom stereocenters. The van der Waals surface area contributed by atoms with Gasteiger partial charge in [0.15, 0.2) is 6.10 Å². The predicted molar refractivity (Wildman–Crippen MR) is 293 cm³/mol. The second-order valence-corrected chi connectivity index (χ2v) is 22.5. The van der Waals surface area contributed by atoms with Gasteiger partial charge < -0.3 is 14.2 Å². The van der Waals surface area contributed by atoms with Crippen molar-refractivity contribution in [3.05, 3.63) is 0 Å². The highest BCUT2D eigenvalue weighted by atomic mass is 16.6. The van der Waals surface area contributed by atoms with Gasteiger partial charge in [0.25, 0.3) is 0 Å². The van der Waals surface area contributed by atoms with Crippen LogP contribution in [0.1, 0.15) is 343 Å². The number of unbranched alkanes of at least 4 members (excludes halogenated alkanes) is 37. The van der Waals surface area contributed by atoms with Crippen LogP contribution < -0.4 is 0 Å². The van der Waals surface area contributed by atoms with E-state index < -0.39 is 6.10 Å². The van der Waals surface area contributed by atoms with Gasteiger partial charge in [0, 0.05) is 19.3 Å². The molecule has 2 atom stereocenters. The molecular formula is C62H120O6. The number of rotatable bonds is 55. The molecule has 404 valence electrons. The molecule has 0 saturated carbocycles. The Morgan fingerprint density at radius 3 is 0.765 bits per heavy atom. The minimum absolute atomic E-state index is 0.0641. The number of hydrogen-bond donors (Lipinski definition) is 0. The Hall–Kier alpha value is -1.59. The van der Waals surface area contributed by atoms with E-state index in [-0.39, 0.29) is 31.1 Å². The largest absolute Gasteiger partial charge is 0.462 e. The molecule has 6 nitrogen and oxygen atoms in total. The first-order chi connectivity index (χ1) is 33.1. The van der Waals surface area contributed by atoms with E-state index in [9.17, 15) is 14.4 Å². The monoisotopic (exact) mass is 961 g/mol. The predicted octanol–water partition coefficient (Wildman–Crippen LogP) is 20.3. The molecule has 0 aliphatic rings. The number of hydrogen-bond acceptors (Lipinski definition) is 6. The van der Waals surface area contributed by atoms with Crippen LogP contribution in [0, 0.1) is 17.8 Å². The van der Waals surface area contributed by atoms with Crippen molar-refractivity contribution in [1.29, 1.82) is 0 Å². The van der Waals surface area contributed by atoms with Crippen molar-refractivity contribution in [2.75, 3.05) is 13.2 Å². The Morgan fingerprint density at radius 2 is 0.515 bits per heavy atom. The summed E-state index contributed by atoms with van der Waals surface area (Å²) >= 11 is 0. The average molecular weight is 962 g/mol. The lowest BCUT2D eigenvalue weighted by molar-refractivity contribution is -0.167. The first kappa shape index (κ1) is 66.4. The Kier molecular flexibility index (Phi) is 52.0. The highest BCUT2D eigenvalue weighted by Gasteiger charge is 2.19. The normalized spacial score (nSPS) is 12.5. The van der Waals surface area contributed by atoms with E-state index in [1.165, 1.54) is 225 Å². The zero-order valence-electron chi connectivity index (χ0n) is 46.9. The van der Waals surface area contributed by atoms with Crippen molar-refractivity contribution in [3.8, 4) is 0 Å². The second kappa shape index (κ2) is 53.2. The molecule has 6 heteroatoms. The molecule has 0 aliphatic heterocycles. The molecule has 0 N–H and O–H groups in total. The third-order valence-corrected chi connectivity index (χ3v) is 14.5. The summed E-state index contributed by atoms with van der Waals surface area (Å²) in [5.74, 6) is 1.68. The van der Waals surface area contributed by atoms with E-state index >= 15 is 0 Å². The smallest absolute Gasteiger partial charge is 0.306 e. The van der Waals surface area contributed by atoms with E-state index in [0.29, 0.717) is 19.3 Å². The number of carbonyl (C=O) groups is 3. The molecule has 0 aromatic rings. The lowest BCUT2D eigenvalue weighted by Gasteiger charge is -2.18. The zero-order valence-corrected chi connectivity index (χ0v) is 46.9. The van der Waals surface area contributed by atoms with E-state index in [2.05, 4.69) is 41.5 Å². The number of carbonyl (C=O) groups excluding carboxylic acids is 3. The number of esters is 3. The van der Waals surface area contributed by atoms with Crippen molar-refractivity contribution >= 4 is 17.9 Å². The summed E-state index contributed by atoms with van der Waals surface area (Å²) in [6.07, 6.45) is 56.8. The summed E-state index contributed by atoms with van der Waals surface area (Å²) in [5, 5.41) is 0. The highest BCUT2D eigenvalue weighted by Crippen LogP contribution is 2.19. The zero-order chi connectivity index (χ0) is 49.8. The Labute approximate surface area is 425 Å². The van der Waals surface area contributed by atoms with Gasteiger partial charge in [-0.25, -0.2) is 0 Å². The molecule has 0 aliphatic carbocycles. The molecule has 0 spiro atoms. The van der Waals surface area contributed by atoms with Crippen LogP contribution in [0.2, 0.25) is 0 Å². The van der Waals surface area contributed by atoms with Crippen molar-refractivity contribution in [2.24, 2.45) is 17.8 Å². The van der Waals surface area contributed by atoms with E-state index in [1.807, 2.05) is 0 Å². The van der Waals surface area contributed by atoms with Gasteiger partial charge in [-0.05, 0) is 37.0 Å². The third-order valence-electron chi connectivity index (χ3n) is 14.5. The van der Waals surface area contributed by atoms with Crippen molar-refractivity contribution < 1.29 is 28.6 Å². The molecule has 0 fully saturated rings. The van der Waals surface area contributed by atoms with Gasteiger partial charge in [0.2, 0.25) is 0 Å². The maximum absolute atomic E-state index is 12.8. The second-order valence-electron chi connectivity index (χ2n) is 22.5. The van der Waals surface area contributed by atoms with Crippen LogP contribution in [-0.2, 0) is 28.6 Å². The van der Waals surface area contributed by atoms with Crippen LogP contribution >= 0.6 is 0 Å². The third kappa shape index (κ3) is 53.8. The molecule has 0 bridgehead atoms. The molecular weight excluding hydrogens is 841 g/mol. The van der Waals surface area contributed by atoms with Gasteiger partial charge in [-0.1, -0.05) is 305 Å². The standard InChI is InChI=1S/C62H120O6/c1-7-58(6)50-44-38-34-35-41-47-53-62(65)68-59(55-67-61(64)52-46-40-33-29-25-21-17-13-12-15-19-23-27-31-37-43-49-57(4)5)54-66-60(63)51-45-39-32-28-24-20-16-11-9-8-10-14-18-22-26-30-36-42-48-56(2)3/h56-59H,7-55H2,1-6H3/t58?,59-/m1/s1. The Morgan fingerprint density at radius 1 is 0.294 bits per heavy atom. The van der Waals surface area contributed by atoms with Crippen LogP contribution in [-0.4, -0.2) is 37.2 Å². The quantitative estimate of drug-likeness (QED) is 0.0343. The Balaban J connectivity index is 4.18. The lowest BCUT2D eigenvalue weighted by atomic mass is 10.00. The van der Waals surface area contributed by atoms with Crippen LogP contribution in [0.5, 0.6) is 0 Å². The van der Waals surface area contributed by atoms with Gasteiger partial charge in [0.05, 0.1) is 0 Å². The van der Waals surface area contributed by atoms with Gasteiger partial charge in [0.1, 0.15) is 13.2 Å². The van der Waals surface area contributed by atoms with Crippen molar-refractivity contribution in [3.63, 3.8) is 0 Å². The van der Waals surface area contributed by atoms with Gasteiger partial charge >= 0.3 is 17.9 Å². The SMILES string of the molecule is CCC(C)CCCCCCCCC(=O)O[C@H](COC(=O)CCCCCCCCCCCCCCCCCCCCC(C)C)COC(=O)CCCCCCCCCCCCCCCCCCC(C)C. The maximum atomic E-state index is 12.8. The molecule has 0 aromatic heterocycles. The molecule has 68 heavy (non-hydrogen) atoms. The maximum Gasteiger partial charge on any atom is 0.306 e. The van der Waals surface area contributed by atoms with Gasteiger partial charge in [-0.2, -0.15) is 0 Å². The molecule has 0 radical (unpaired) electrons. The van der Waals surface area contributed by atoms with Crippen LogP contribution in [0.4, 0.5) is 0 Å². The first-order valence-electron chi connectivity index (χ1n) is 30.6. The summed E-state index contributed by atoms with van der Waals surface area (Å²) in [6, 6.07) is 0. The van der Waals surface area contributed by atoms with Crippen LogP contribution in [0.25, 0.3) is 0 Å². The molecule has 0 amide bonds. The molecule has 0 rings (SSSR count). The fourth-order valence-corrected chi connectivity index (χ4v) is 9.50. The average Bonchev–Trinajstić information content (AvgIpc) is 3.31. The minimum Gasteiger partial charge on any atom is -0.462 e. The highest BCUT2D eigenvalue weighted by molar-refractivity contribution is 5.71. The summed E-state index contributed by atoms with van der Waals surface area (Å²) in [4.78, 5) is 38.2. The fourth-order valence-electron chi connectivity index (χ4n) is 9.50. The Bertz CT molecular complexity index is 1060.